The maximum atomic E-state index is 13.6. The van der Waals surface area contributed by atoms with E-state index in [1.54, 1.807) is 17.7 Å². The van der Waals surface area contributed by atoms with Crippen LogP contribution in [0.15, 0.2) is 24.5 Å². The average molecular weight is 269 g/mol. The number of nitrogens with zero attached hydrogens (tertiary/aromatic N) is 3. The monoisotopic (exact) mass is 268 g/mol. The largest absolute Gasteiger partial charge is 0.303 e. The van der Waals surface area contributed by atoms with Crippen LogP contribution in [0, 0.1) is 5.82 Å². The summed E-state index contributed by atoms with van der Waals surface area (Å²) in [6.07, 6.45) is 1.34. The Kier molecular flexibility index (Phi) is 3.57. The highest BCUT2D eigenvalue weighted by Crippen LogP contribution is 2.18. The van der Waals surface area contributed by atoms with Crippen LogP contribution in [0.2, 0.25) is 5.02 Å². The Balaban J connectivity index is 2.08. The summed E-state index contributed by atoms with van der Waals surface area (Å²) < 4.78 is 15.1. The fraction of sp³-hybridized carbons (Fsp3) is 0.182. The zero-order valence-electron chi connectivity index (χ0n) is 9.52. The Labute approximate surface area is 108 Å². The molecule has 1 aromatic carbocycles. The maximum Gasteiger partial charge on any atom is 0.231 e. The van der Waals surface area contributed by atoms with Crippen molar-refractivity contribution in [2.24, 2.45) is 7.05 Å². The molecule has 18 heavy (non-hydrogen) atoms. The molecule has 5 nitrogen and oxygen atoms in total. The van der Waals surface area contributed by atoms with E-state index in [0.29, 0.717) is 5.95 Å². The summed E-state index contributed by atoms with van der Waals surface area (Å²) >= 11 is 5.63. The first-order chi connectivity index (χ1) is 8.58. The number of benzene rings is 1. The topological polar surface area (TPSA) is 59.8 Å². The first-order valence-corrected chi connectivity index (χ1v) is 5.52. The standard InChI is InChI=1S/C11H10ClFN4O/c1-17-6-14-16-11(17)15-9(18)5-7-3-2-4-8(12)10(7)13/h2-4,6H,5H2,1H3,(H,15,16,18). The highest BCUT2D eigenvalue weighted by atomic mass is 35.5. The van der Waals surface area contributed by atoms with Crippen molar-refractivity contribution < 1.29 is 9.18 Å². The highest BCUT2D eigenvalue weighted by Gasteiger charge is 2.12. The van der Waals surface area contributed by atoms with Gasteiger partial charge in [0.1, 0.15) is 12.1 Å². The molecule has 1 N–H and O–H groups in total. The molecule has 2 aromatic rings. The van der Waals surface area contributed by atoms with Crippen molar-refractivity contribution in [2.75, 3.05) is 5.32 Å². The highest BCUT2D eigenvalue weighted by molar-refractivity contribution is 6.30. The second kappa shape index (κ2) is 5.14. The molecule has 0 aliphatic carbocycles. The molecule has 0 fully saturated rings. The van der Waals surface area contributed by atoms with E-state index in [1.807, 2.05) is 0 Å². The fourth-order valence-corrected chi connectivity index (χ4v) is 1.62. The molecule has 0 aliphatic rings. The minimum absolute atomic E-state index is 0.000965. The Morgan fingerprint density at radius 3 is 3.00 bits per heavy atom. The lowest BCUT2D eigenvalue weighted by atomic mass is 10.1. The van der Waals surface area contributed by atoms with E-state index < -0.39 is 5.82 Å². The fourth-order valence-electron chi connectivity index (χ4n) is 1.42. The van der Waals surface area contributed by atoms with Gasteiger partial charge in [0.2, 0.25) is 11.9 Å². The van der Waals surface area contributed by atoms with Gasteiger partial charge in [-0.15, -0.1) is 10.2 Å². The number of amides is 1. The molecule has 0 bridgehead atoms. The summed E-state index contributed by atoms with van der Waals surface area (Å²) in [4.78, 5) is 11.7. The molecule has 0 unspecified atom stereocenters. The van der Waals surface area contributed by atoms with Crippen LogP contribution >= 0.6 is 11.6 Å². The van der Waals surface area contributed by atoms with E-state index in [2.05, 4.69) is 15.5 Å². The van der Waals surface area contributed by atoms with Crippen LogP contribution in [0.5, 0.6) is 0 Å². The van der Waals surface area contributed by atoms with Crippen molar-refractivity contribution in [2.45, 2.75) is 6.42 Å². The lowest BCUT2D eigenvalue weighted by molar-refractivity contribution is -0.115. The van der Waals surface area contributed by atoms with Crippen molar-refractivity contribution in [3.05, 3.63) is 40.9 Å². The van der Waals surface area contributed by atoms with Crippen LogP contribution in [0.4, 0.5) is 10.3 Å². The van der Waals surface area contributed by atoms with Crippen LogP contribution in [0.25, 0.3) is 0 Å². The SMILES string of the molecule is Cn1cnnc1NC(=O)Cc1cccc(Cl)c1F. The molecule has 0 atom stereocenters. The number of carbonyl (C=O) groups excluding carboxylic acids is 1. The molecule has 0 spiro atoms. The van der Waals surface area contributed by atoms with Crippen molar-refractivity contribution in [1.82, 2.24) is 14.8 Å². The van der Waals surface area contributed by atoms with E-state index in [4.69, 9.17) is 11.6 Å². The summed E-state index contributed by atoms with van der Waals surface area (Å²) in [6, 6.07) is 4.54. The predicted molar refractivity (Wildman–Crippen MR) is 64.7 cm³/mol. The molecule has 0 radical (unpaired) electrons. The third kappa shape index (κ3) is 2.65. The zero-order valence-corrected chi connectivity index (χ0v) is 10.3. The third-order valence-electron chi connectivity index (χ3n) is 2.35. The normalized spacial score (nSPS) is 10.4. The first kappa shape index (κ1) is 12.5. The second-order valence-corrected chi connectivity index (χ2v) is 4.11. The number of hydrogen-bond acceptors (Lipinski definition) is 3. The van der Waals surface area contributed by atoms with Crippen LogP contribution in [0.1, 0.15) is 5.56 Å². The quantitative estimate of drug-likeness (QED) is 0.923. The van der Waals surface area contributed by atoms with Gasteiger partial charge in [0.05, 0.1) is 11.4 Å². The van der Waals surface area contributed by atoms with Gasteiger partial charge in [-0.05, 0) is 11.6 Å². The van der Waals surface area contributed by atoms with E-state index >= 15 is 0 Å². The van der Waals surface area contributed by atoms with Gasteiger partial charge in [0, 0.05) is 7.05 Å². The van der Waals surface area contributed by atoms with Crippen molar-refractivity contribution >= 4 is 23.5 Å². The lowest BCUT2D eigenvalue weighted by Gasteiger charge is -2.05. The second-order valence-electron chi connectivity index (χ2n) is 3.70. The van der Waals surface area contributed by atoms with E-state index in [1.165, 1.54) is 18.5 Å². The Morgan fingerprint density at radius 1 is 1.56 bits per heavy atom. The molecule has 1 amide bonds. The Hall–Kier alpha value is -1.95. The van der Waals surface area contributed by atoms with Gasteiger partial charge in [0.15, 0.2) is 0 Å². The van der Waals surface area contributed by atoms with E-state index in [9.17, 15) is 9.18 Å². The van der Waals surface area contributed by atoms with Crippen LogP contribution in [-0.2, 0) is 18.3 Å². The van der Waals surface area contributed by atoms with Crippen LogP contribution < -0.4 is 5.32 Å². The molecule has 2 rings (SSSR count). The van der Waals surface area contributed by atoms with Crippen molar-refractivity contribution in [3.63, 3.8) is 0 Å². The number of aryl methyl sites for hydroxylation is 1. The zero-order chi connectivity index (χ0) is 13.1. The van der Waals surface area contributed by atoms with Gasteiger partial charge in [0.25, 0.3) is 0 Å². The predicted octanol–water partition coefficient (Wildman–Crippen LogP) is 1.79. The molecule has 0 saturated heterocycles. The lowest BCUT2D eigenvalue weighted by Crippen LogP contribution is -2.17. The molecule has 0 aliphatic heterocycles. The molecule has 0 saturated carbocycles. The molecule has 1 heterocycles. The summed E-state index contributed by atoms with van der Waals surface area (Å²) in [5, 5.41) is 9.84. The van der Waals surface area contributed by atoms with Gasteiger partial charge < -0.3 is 4.57 Å². The third-order valence-corrected chi connectivity index (χ3v) is 2.64. The number of halogens is 2. The van der Waals surface area contributed by atoms with Crippen LogP contribution in [0.3, 0.4) is 0 Å². The average Bonchev–Trinajstić information content (AvgIpc) is 2.71. The molecule has 1 aromatic heterocycles. The van der Waals surface area contributed by atoms with E-state index in [-0.39, 0.29) is 22.9 Å². The van der Waals surface area contributed by atoms with Gasteiger partial charge >= 0.3 is 0 Å². The summed E-state index contributed by atoms with van der Waals surface area (Å²) in [7, 11) is 1.69. The number of rotatable bonds is 3. The van der Waals surface area contributed by atoms with Gasteiger partial charge in [-0.3, -0.25) is 10.1 Å². The van der Waals surface area contributed by atoms with E-state index in [0.717, 1.165) is 0 Å². The van der Waals surface area contributed by atoms with Crippen LogP contribution in [-0.4, -0.2) is 20.7 Å². The summed E-state index contributed by atoms with van der Waals surface area (Å²) in [5.41, 5.74) is 0.238. The number of carbonyl (C=O) groups is 1. The minimum Gasteiger partial charge on any atom is -0.303 e. The number of nitrogens with one attached hydrogen (secondary N) is 1. The number of anilines is 1. The number of aromatic nitrogens is 3. The molecular formula is C11H10ClFN4O. The first-order valence-electron chi connectivity index (χ1n) is 5.14. The van der Waals surface area contributed by atoms with Crippen molar-refractivity contribution in [1.29, 1.82) is 0 Å². The maximum absolute atomic E-state index is 13.6. The van der Waals surface area contributed by atoms with Gasteiger partial charge in [-0.2, -0.15) is 0 Å². The minimum atomic E-state index is -0.577. The van der Waals surface area contributed by atoms with Gasteiger partial charge in [-0.25, -0.2) is 4.39 Å². The smallest absolute Gasteiger partial charge is 0.231 e. The number of hydrogen-bond donors (Lipinski definition) is 1. The van der Waals surface area contributed by atoms with Gasteiger partial charge in [-0.1, -0.05) is 23.7 Å². The Bertz CT molecular complexity index is 584. The molecular weight excluding hydrogens is 259 g/mol. The Morgan fingerprint density at radius 2 is 2.33 bits per heavy atom. The van der Waals surface area contributed by atoms with Crippen molar-refractivity contribution in [3.8, 4) is 0 Å². The molecule has 7 heteroatoms. The summed E-state index contributed by atoms with van der Waals surface area (Å²) in [6.45, 7) is 0. The summed E-state index contributed by atoms with van der Waals surface area (Å²) in [5.74, 6) is -0.651. The molecule has 94 valence electrons.